The van der Waals surface area contributed by atoms with E-state index in [0.29, 0.717) is 10.8 Å². The summed E-state index contributed by atoms with van der Waals surface area (Å²) in [5.74, 6) is 5.48. The third kappa shape index (κ3) is 3.88. The van der Waals surface area contributed by atoms with Gasteiger partial charge in [0.25, 0.3) is 0 Å². The van der Waals surface area contributed by atoms with E-state index < -0.39 is 5.60 Å². The van der Waals surface area contributed by atoms with Crippen LogP contribution in [0.2, 0.25) is 0 Å². The average molecular weight is 401 g/mol. The van der Waals surface area contributed by atoms with Gasteiger partial charge in [-0.25, -0.2) is 0 Å². The summed E-state index contributed by atoms with van der Waals surface area (Å²) >= 11 is 0. The van der Waals surface area contributed by atoms with E-state index in [9.17, 15) is 5.11 Å². The smallest absolute Gasteiger partial charge is 0.0591 e. The molecule has 4 rings (SSSR count). The van der Waals surface area contributed by atoms with Gasteiger partial charge in [0, 0.05) is 0 Å². The fraction of sp³-hybridized carbons (Fsp3) is 0.929. The lowest BCUT2D eigenvalue weighted by molar-refractivity contribution is -0.0525. The molecular weight excluding hydrogens is 352 g/mol. The van der Waals surface area contributed by atoms with Gasteiger partial charge < -0.3 is 5.11 Å². The number of hydrogen-bond donors (Lipinski definition) is 1. The van der Waals surface area contributed by atoms with Crippen LogP contribution in [0.3, 0.4) is 0 Å². The highest BCUT2D eigenvalue weighted by atomic mass is 16.3. The Kier molecular flexibility index (Phi) is 5.81. The number of allylic oxidation sites excluding steroid dienone is 2. The van der Waals surface area contributed by atoms with Gasteiger partial charge in [-0.2, -0.15) is 0 Å². The molecule has 0 heterocycles. The normalized spacial score (nSPS) is 45.8. The van der Waals surface area contributed by atoms with Crippen molar-refractivity contribution in [3.8, 4) is 0 Å². The average Bonchev–Trinajstić information content (AvgIpc) is 2.98. The Morgan fingerprint density at radius 2 is 1.86 bits per heavy atom. The first-order valence-corrected chi connectivity index (χ1v) is 13.0. The maximum Gasteiger partial charge on any atom is 0.0591 e. The van der Waals surface area contributed by atoms with Crippen LogP contribution in [0, 0.1) is 46.3 Å². The highest BCUT2D eigenvalue weighted by Gasteiger charge is 2.58. The van der Waals surface area contributed by atoms with E-state index in [2.05, 4.69) is 33.8 Å². The quantitative estimate of drug-likeness (QED) is 0.467. The number of fused-ring (bicyclic) bond motifs is 5. The van der Waals surface area contributed by atoms with E-state index in [1.807, 2.05) is 19.4 Å². The van der Waals surface area contributed by atoms with Crippen LogP contribution in [-0.2, 0) is 0 Å². The van der Waals surface area contributed by atoms with Crippen molar-refractivity contribution in [2.45, 2.75) is 118 Å². The third-order valence-electron chi connectivity index (χ3n) is 10.6. The molecule has 0 aromatic rings. The highest BCUT2D eigenvalue weighted by Crippen LogP contribution is 2.67. The molecule has 0 spiro atoms. The van der Waals surface area contributed by atoms with Crippen molar-refractivity contribution < 1.29 is 5.11 Å². The first kappa shape index (κ1) is 21.9. The van der Waals surface area contributed by atoms with Gasteiger partial charge in [-0.3, -0.25) is 0 Å². The molecule has 0 amide bonds. The van der Waals surface area contributed by atoms with Gasteiger partial charge in [0.2, 0.25) is 0 Å². The molecule has 8 atom stereocenters. The maximum absolute atomic E-state index is 10.1. The van der Waals surface area contributed by atoms with Crippen LogP contribution >= 0.6 is 0 Å². The van der Waals surface area contributed by atoms with E-state index in [1.54, 1.807) is 0 Å². The molecule has 6 unspecified atom stereocenters. The van der Waals surface area contributed by atoms with Gasteiger partial charge in [-0.05, 0) is 118 Å². The third-order valence-corrected chi connectivity index (χ3v) is 10.6. The van der Waals surface area contributed by atoms with Crippen LogP contribution in [0.5, 0.6) is 0 Å². The monoisotopic (exact) mass is 400 g/mol. The van der Waals surface area contributed by atoms with Crippen LogP contribution < -0.4 is 0 Å². The molecule has 0 aromatic carbocycles. The Bertz CT molecular complexity index is 627. The molecular formula is C28H48O. The second kappa shape index (κ2) is 7.68. The lowest BCUT2D eigenvalue weighted by Crippen LogP contribution is -2.50. The molecule has 0 aliphatic heterocycles. The van der Waals surface area contributed by atoms with E-state index in [-0.39, 0.29) is 0 Å². The Labute approximate surface area is 181 Å². The van der Waals surface area contributed by atoms with E-state index >= 15 is 0 Å². The molecule has 166 valence electrons. The first-order valence-electron chi connectivity index (χ1n) is 13.0. The largest absolute Gasteiger partial charge is 0.390 e. The molecule has 0 radical (unpaired) electrons. The Balaban J connectivity index is 1.47. The molecule has 29 heavy (non-hydrogen) atoms. The van der Waals surface area contributed by atoms with Gasteiger partial charge in [0.15, 0.2) is 0 Å². The molecule has 4 aliphatic carbocycles. The molecule has 3 fully saturated rings. The molecule has 0 bridgehead atoms. The zero-order chi connectivity index (χ0) is 21.0. The minimum absolute atomic E-state index is 0.501. The van der Waals surface area contributed by atoms with Crippen molar-refractivity contribution in [1.29, 1.82) is 0 Å². The summed E-state index contributed by atoms with van der Waals surface area (Å²) in [7, 11) is 0. The van der Waals surface area contributed by atoms with Crippen LogP contribution in [0.25, 0.3) is 0 Å². The van der Waals surface area contributed by atoms with E-state index in [1.165, 1.54) is 64.2 Å². The number of rotatable bonds is 5. The molecule has 3 saturated carbocycles. The first-order chi connectivity index (χ1) is 13.5. The Hall–Kier alpha value is -0.300. The predicted molar refractivity (Wildman–Crippen MR) is 124 cm³/mol. The lowest BCUT2D eigenvalue weighted by Gasteiger charge is -2.58. The minimum atomic E-state index is -0.501. The standard InChI is InChI=1S/C28H48O/c1-19-13-16-27(5)21(18-19)9-10-22-24-12-11-23(28(24,6)17-14-25(22)27)20(2)8-7-15-26(3,4)29/h9,19-20,22-25,29H,7-8,10-18H2,1-6H3/t19?,20-,22+,23?,24?,25?,27?,28?/m1/s1. The molecule has 1 heteroatoms. The maximum atomic E-state index is 10.1. The van der Waals surface area contributed by atoms with Crippen molar-refractivity contribution in [2.24, 2.45) is 46.3 Å². The zero-order valence-electron chi connectivity index (χ0n) is 20.3. The second-order valence-electron chi connectivity index (χ2n) is 13.0. The van der Waals surface area contributed by atoms with Crippen LogP contribution in [-0.4, -0.2) is 10.7 Å². The second-order valence-corrected chi connectivity index (χ2v) is 13.0. The lowest BCUT2D eigenvalue weighted by atomic mass is 9.46. The van der Waals surface area contributed by atoms with Crippen molar-refractivity contribution in [3.05, 3.63) is 11.6 Å². The summed E-state index contributed by atoms with van der Waals surface area (Å²) < 4.78 is 0. The molecule has 0 saturated heterocycles. The van der Waals surface area contributed by atoms with Crippen molar-refractivity contribution in [1.82, 2.24) is 0 Å². The van der Waals surface area contributed by atoms with Crippen LogP contribution in [0.15, 0.2) is 11.6 Å². The van der Waals surface area contributed by atoms with Gasteiger partial charge >= 0.3 is 0 Å². The molecule has 4 aliphatic rings. The summed E-state index contributed by atoms with van der Waals surface area (Å²) in [4.78, 5) is 0. The molecule has 1 N–H and O–H groups in total. The van der Waals surface area contributed by atoms with E-state index in [4.69, 9.17) is 0 Å². The van der Waals surface area contributed by atoms with Crippen molar-refractivity contribution in [3.63, 3.8) is 0 Å². The molecule has 1 nitrogen and oxygen atoms in total. The summed E-state index contributed by atoms with van der Waals surface area (Å²) in [5, 5.41) is 10.1. The van der Waals surface area contributed by atoms with Gasteiger partial charge in [0.05, 0.1) is 5.60 Å². The highest BCUT2D eigenvalue weighted by molar-refractivity contribution is 5.25. The Morgan fingerprint density at radius 3 is 2.59 bits per heavy atom. The summed E-state index contributed by atoms with van der Waals surface area (Å²) in [6.45, 7) is 14.2. The molecule has 0 aromatic heterocycles. The summed E-state index contributed by atoms with van der Waals surface area (Å²) in [6.07, 6.45) is 17.7. The van der Waals surface area contributed by atoms with E-state index in [0.717, 1.165) is 41.9 Å². The fourth-order valence-corrected chi connectivity index (χ4v) is 8.88. The van der Waals surface area contributed by atoms with Crippen LogP contribution in [0.1, 0.15) is 112 Å². The van der Waals surface area contributed by atoms with Crippen molar-refractivity contribution in [2.75, 3.05) is 0 Å². The van der Waals surface area contributed by atoms with Crippen LogP contribution in [0.4, 0.5) is 0 Å². The number of aliphatic hydroxyl groups is 1. The number of hydrogen-bond acceptors (Lipinski definition) is 1. The van der Waals surface area contributed by atoms with Gasteiger partial charge in [0.1, 0.15) is 0 Å². The summed E-state index contributed by atoms with van der Waals surface area (Å²) in [5.41, 5.74) is 2.43. The van der Waals surface area contributed by atoms with Gasteiger partial charge in [-0.1, -0.05) is 52.2 Å². The predicted octanol–water partition coefficient (Wildman–Crippen LogP) is 7.78. The van der Waals surface area contributed by atoms with Gasteiger partial charge in [-0.15, -0.1) is 0 Å². The fourth-order valence-electron chi connectivity index (χ4n) is 8.88. The minimum Gasteiger partial charge on any atom is -0.390 e. The Morgan fingerprint density at radius 1 is 1.10 bits per heavy atom. The zero-order valence-corrected chi connectivity index (χ0v) is 20.3. The summed E-state index contributed by atoms with van der Waals surface area (Å²) in [6, 6.07) is 0. The topological polar surface area (TPSA) is 20.2 Å². The van der Waals surface area contributed by atoms with Crippen molar-refractivity contribution >= 4 is 0 Å². The SMILES string of the molecule is CC1CCC2(C)C(=CC[C@@H]3C2CCC2(C)C3CCC2[C@H](C)CCCC(C)(C)O)C1.